The van der Waals surface area contributed by atoms with Crippen LogP contribution in [0.1, 0.15) is 13.8 Å². The minimum atomic E-state index is -0.426. The monoisotopic (exact) mass is 377 g/mol. The molecule has 1 amide bonds. The van der Waals surface area contributed by atoms with Crippen molar-refractivity contribution in [3.05, 3.63) is 65.1 Å². The Morgan fingerprint density at radius 1 is 1.11 bits per heavy atom. The van der Waals surface area contributed by atoms with Crippen molar-refractivity contribution >= 4 is 22.6 Å². The van der Waals surface area contributed by atoms with Gasteiger partial charge in [-0.05, 0) is 38.1 Å². The van der Waals surface area contributed by atoms with E-state index in [1.165, 1.54) is 4.40 Å². The van der Waals surface area contributed by atoms with Crippen molar-refractivity contribution in [2.75, 3.05) is 0 Å². The number of nitrogens with zero attached hydrogens (tertiary/aromatic N) is 4. The molecular weight excluding hydrogens is 358 g/mol. The van der Waals surface area contributed by atoms with Crippen molar-refractivity contribution in [2.24, 2.45) is 0 Å². The molecule has 4 rings (SSSR count). The van der Waals surface area contributed by atoms with E-state index in [1.54, 1.807) is 24.3 Å². The Labute approximate surface area is 160 Å². The predicted octanol–water partition coefficient (Wildman–Crippen LogP) is 2.36. The van der Waals surface area contributed by atoms with Crippen LogP contribution in [0.15, 0.2) is 59.4 Å². The van der Waals surface area contributed by atoms with E-state index in [0.29, 0.717) is 16.8 Å². The molecule has 2 heterocycles. The van der Waals surface area contributed by atoms with Crippen molar-refractivity contribution in [3.63, 3.8) is 0 Å². The molecule has 0 bridgehead atoms. The van der Waals surface area contributed by atoms with Crippen LogP contribution in [0.5, 0.6) is 11.6 Å². The summed E-state index contributed by atoms with van der Waals surface area (Å²) in [6.45, 7) is 3.53. The second-order valence-electron chi connectivity index (χ2n) is 6.64. The minimum absolute atomic E-state index is 0.0281. The first kappa shape index (κ1) is 17.7. The summed E-state index contributed by atoms with van der Waals surface area (Å²) in [5.74, 6) is 0.486. The fourth-order valence-corrected chi connectivity index (χ4v) is 2.95. The van der Waals surface area contributed by atoms with Crippen LogP contribution in [-0.2, 0) is 11.3 Å². The van der Waals surface area contributed by atoms with Gasteiger partial charge in [-0.1, -0.05) is 30.3 Å². The molecule has 2 aromatic carbocycles. The van der Waals surface area contributed by atoms with Gasteiger partial charge < -0.3 is 10.1 Å². The molecule has 8 heteroatoms. The van der Waals surface area contributed by atoms with Gasteiger partial charge in [0, 0.05) is 6.04 Å². The molecule has 0 aliphatic heterocycles. The number of aromatic nitrogens is 4. The molecule has 4 aromatic rings. The zero-order chi connectivity index (χ0) is 19.7. The molecule has 0 atom stereocenters. The highest BCUT2D eigenvalue weighted by atomic mass is 16.5. The molecule has 0 aliphatic rings. The van der Waals surface area contributed by atoms with E-state index in [-0.39, 0.29) is 30.0 Å². The van der Waals surface area contributed by atoms with E-state index >= 15 is 0 Å². The van der Waals surface area contributed by atoms with Crippen LogP contribution in [0.2, 0.25) is 0 Å². The quantitative estimate of drug-likeness (QED) is 0.577. The first-order valence-electron chi connectivity index (χ1n) is 8.93. The van der Waals surface area contributed by atoms with Crippen LogP contribution < -0.4 is 15.7 Å². The number of benzene rings is 2. The number of ether oxygens (including phenoxy) is 1. The van der Waals surface area contributed by atoms with E-state index in [0.717, 1.165) is 4.68 Å². The predicted molar refractivity (Wildman–Crippen MR) is 105 cm³/mol. The van der Waals surface area contributed by atoms with E-state index in [2.05, 4.69) is 15.4 Å². The zero-order valence-corrected chi connectivity index (χ0v) is 15.5. The molecule has 8 nitrogen and oxygen atoms in total. The molecule has 0 saturated heterocycles. The smallest absolute Gasteiger partial charge is 0.351 e. The van der Waals surface area contributed by atoms with Crippen molar-refractivity contribution in [3.8, 4) is 11.6 Å². The second-order valence-corrected chi connectivity index (χ2v) is 6.64. The fraction of sp³-hybridized carbons (Fsp3) is 0.200. The maximum Gasteiger partial charge on any atom is 0.351 e. The summed E-state index contributed by atoms with van der Waals surface area (Å²) < 4.78 is 8.43. The summed E-state index contributed by atoms with van der Waals surface area (Å²) in [7, 11) is 0. The maximum atomic E-state index is 13.0. The summed E-state index contributed by atoms with van der Waals surface area (Å²) in [6, 6.07) is 16.3. The number of carbonyl (C=O) groups excluding carboxylic acids is 1. The molecule has 0 aliphatic carbocycles. The van der Waals surface area contributed by atoms with Crippen molar-refractivity contribution in [1.82, 2.24) is 24.5 Å². The van der Waals surface area contributed by atoms with Crippen LogP contribution in [0, 0.1) is 0 Å². The Bertz CT molecular complexity index is 1210. The van der Waals surface area contributed by atoms with Crippen molar-refractivity contribution in [2.45, 2.75) is 26.4 Å². The van der Waals surface area contributed by atoms with Gasteiger partial charge in [0.1, 0.15) is 12.3 Å². The number of para-hydroxylation sites is 3. The standard InChI is InChI=1S/C20H19N5O3/c1-13(2)21-17(26)12-24-20(27)25-16-11-7-6-10-15(16)22-19(18(25)23-24)28-14-8-4-3-5-9-14/h3-11,13H,12H2,1-2H3,(H,21,26). The topological polar surface area (TPSA) is 90.5 Å². The number of rotatable bonds is 5. The van der Waals surface area contributed by atoms with Crippen molar-refractivity contribution < 1.29 is 9.53 Å². The van der Waals surface area contributed by atoms with Gasteiger partial charge in [0.25, 0.3) is 5.88 Å². The average molecular weight is 377 g/mol. The lowest BCUT2D eigenvalue weighted by Gasteiger charge is -2.07. The molecule has 142 valence electrons. The van der Waals surface area contributed by atoms with E-state index in [9.17, 15) is 9.59 Å². The fourth-order valence-electron chi connectivity index (χ4n) is 2.95. The van der Waals surface area contributed by atoms with Gasteiger partial charge in [0.05, 0.1) is 11.0 Å². The highest BCUT2D eigenvalue weighted by molar-refractivity contribution is 5.80. The Morgan fingerprint density at radius 3 is 2.57 bits per heavy atom. The lowest BCUT2D eigenvalue weighted by Crippen LogP contribution is -2.36. The van der Waals surface area contributed by atoms with Gasteiger partial charge in [-0.3, -0.25) is 4.79 Å². The van der Waals surface area contributed by atoms with Crippen LogP contribution in [-0.4, -0.2) is 31.1 Å². The SMILES string of the molecule is CC(C)NC(=O)Cn1nc2c(Oc3ccccc3)nc3ccccc3n2c1=O. The normalized spacial score (nSPS) is 11.2. The first-order chi connectivity index (χ1) is 13.5. The third-order valence-corrected chi connectivity index (χ3v) is 4.08. The number of amides is 1. The number of carbonyl (C=O) groups is 1. The van der Waals surface area contributed by atoms with Gasteiger partial charge in [-0.15, -0.1) is 5.10 Å². The largest absolute Gasteiger partial charge is 0.436 e. The van der Waals surface area contributed by atoms with E-state index in [1.807, 2.05) is 44.2 Å². The highest BCUT2D eigenvalue weighted by Gasteiger charge is 2.19. The molecule has 0 radical (unpaired) electrons. The molecule has 1 N–H and O–H groups in total. The highest BCUT2D eigenvalue weighted by Crippen LogP contribution is 2.25. The third-order valence-electron chi connectivity index (χ3n) is 4.08. The van der Waals surface area contributed by atoms with E-state index in [4.69, 9.17) is 4.74 Å². The summed E-state index contributed by atoms with van der Waals surface area (Å²) in [6.07, 6.45) is 0. The Kier molecular flexibility index (Phi) is 4.52. The summed E-state index contributed by atoms with van der Waals surface area (Å²) >= 11 is 0. The molecular formula is C20H19N5O3. The summed E-state index contributed by atoms with van der Waals surface area (Å²) in [5, 5.41) is 7.08. The van der Waals surface area contributed by atoms with Crippen LogP contribution in [0.4, 0.5) is 0 Å². The number of fused-ring (bicyclic) bond motifs is 3. The minimum Gasteiger partial charge on any atom is -0.436 e. The van der Waals surface area contributed by atoms with Gasteiger partial charge in [-0.25, -0.2) is 18.9 Å². The van der Waals surface area contributed by atoms with E-state index < -0.39 is 5.69 Å². The zero-order valence-electron chi connectivity index (χ0n) is 15.5. The van der Waals surface area contributed by atoms with Gasteiger partial charge in [0.2, 0.25) is 11.6 Å². The van der Waals surface area contributed by atoms with Crippen LogP contribution >= 0.6 is 0 Å². The third kappa shape index (κ3) is 3.32. The van der Waals surface area contributed by atoms with Gasteiger partial charge >= 0.3 is 5.69 Å². The molecule has 0 fully saturated rings. The Balaban J connectivity index is 1.87. The molecule has 0 unspecified atom stereocenters. The molecule has 2 aromatic heterocycles. The van der Waals surface area contributed by atoms with Crippen molar-refractivity contribution in [1.29, 1.82) is 0 Å². The Hall–Kier alpha value is -3.68. The van der Waals surface area contributed by atoms with Crippen LogP contribution in [0.25, 0.3) is 16.7 Å². The van der Waals surface area contributed by atoms with Gasteiger partial charge in [-0.2, -0.15) is 0 Å². The average Bonchev–Trinajstić information content (AvgIpc) is 2.99. The molecule has 0 saturated carbocycles. The number of nitrogens with one attached hydrogen (secondary N) is 1. The summed E-state index contributed by atoms with van der Waals surface area (Å²) in [5.41, 5.74) is 1.02. The first-order valence-corrected chi connectivity index (χ1v) is 8.93. The number of hydrogen-bond acceptors (Lipinski definition) is 5. The molecule has 0 spiro atoms. The summed E-state index contributed by atoms with van der Waals surface area (Å²) in [4.78, 5) is 29.6. The maximum absolute atomic E-state index is 13.0. The van der Waals surface area contributed by atoms with Crippen LogP contribution in [0.3, 0.4) is 0 Å². The van der Waals surface area contributed by atoms with Gasteiger partial charge in [0.15, 0.2) is 0 Å². The lowest BCUT2D eigenvalue weighted by molar-refractivity contribution is -0.122. The number of hydrogen-bond donors (Lipinski definition) is 1. The lowest BCUT2D eigenvalue weighted by atomic mass is 10.3. The molecule has 28 heavy (non-hydrogen) atoms. The second kappa shape index (κ2) is 7.15. The Morgan fingerprint density at radius 2 is 1.82 bits per heavy atom.